The number of rotatable bonds is 2. The molecule has 22 heavy (non-hydrogen) atoms. The van der Waals surface area contributed by atoms with E-state index in [1.54, 1.807) is 0 Å². The third kappa shape index (κ3) is 2.06. The van der Waals surface area contributed by atoms with Crippen LogP contribution in [0.5, 0.6) is 0 Å². The van der Waals surface area contributed by atoms with Crippen LogP contribution in [0.15, 0.2) is 28.7 Å². The molecule has 114 valence electrons. The summed E-state index contributed by atoms with van der Waals surface area (Å²) in [6.45, 7) is 0. The predicted molar refractivity (Wildman–Crippen MR) is 92.3 cm³/mol. The van der Waals surface area contributed by atoms with E-state index in [0.717, 1.165) is 29.2 Å². The molecule has 0 unspecified atom stereocenters. The lowest BCUT2D eigenvalue weighted by atomic mass is 9.49. The van der Waals surface area contributed by atoms with Crippen LogP contribution in [-0.2, 0) is 5.41 Å². The van der Waals surface area contributed by atoms with Crippen LogP contribution in [0.2, 0.25) is 0 Å². The molecule has 4 saturated carbocycles. The van der Waals surface area contributed by atoms with Crippen molar-refractivity contribution in [2.45, 2.75) is 43.9 Å². The predicted octanol–water partition coefficient (Wildman–Crippen LogP) is 4.81. The van der Waals surface area contributed by atoms with E-state index >= 15 is 0 Å². The molecule has 0 aliphatic heterocycles. The second-order valence-electron chi connectivity index (χ2n) is 7.62. The number of aromatic nitrogens is 2. The van der Waals surface area contributed by atoms with Crippen LogP contribution < -0.4 is 0 Å². The zero-order valence-electron chi connectivity index (χ0n) is 12.5. The first-order chi connectivity index (χ1) is 10.7. The third-order valence-corrected chi connectivity index (χ3v) is 6.66. The quantitative estimate of drug-likeness (QED) is 0.672. The van der Waals surface area contributed by atoms with Gasteiger partial charge in [0.25, 0.3) is 0 Å². The largest absolute Gasteiger partial charge is 0.420 e. The lowest BCUT2D eigenvalue weighted by molar-refractivity contribution is -0.0176. The van der Waals surface area contributed by atoms with E-state index in [4.69, 9.17) is 4.42 Å². The van der Waals surface area contributed by atoms with Crippen LogP contribution in [0.1, 0.15) is 44.4 Å². The highest BCUT2D eigenvalue weighted by Crippen LogP contribution is 2.60. The number of halogens is 1. The van der Waals surface area contributed by atoms with Gasteiger partial charge in [0.05, 0.1) is 0 Å². The van der Waals surface area contributed by atoms with Crippen molar-refractivity contribution in [3.8, 4) is 11.5 Å². The molecule has 3 nitrogen and oxygen atoms in total. The lowest BCUT2D eigenvalue weighted by Gasteiger charge is -2.55. The normalized spacial score (nSPS) is 36.0. The van der Waals surface area contributed by atoms with E-state index in [1.165, 1.54) is 42.1 Å². The highest BCUT2D eigenvalue weighted by atomic mass is 127. The van der Waals surface area contributed by atoms with Gasteiger partial charge in [-0.3, -0.25) is 0 Å². The van der Waals surface area contributed by atoms with E-state index in [0.29, 0.717) is 5.89 Å². The van der Waals surface area contributed by atoms with Gasteiger partial charge in [-0.1, -0.05) is 6.07 Å². The van der Waals surface area contributed by atoms with Crippen LogP contribution in [0, 0.1) is 21.3 Å². The first-order valence-corrected chi connectivity index (χ1v) is 9.38. The first-order valence-electron chi connectivity index (χ1n) is 8.30. The van der Waals surface area contributed by atoms with Gasteiger partial charge in [-0.25, -0.2) is 0 Å². The Hall–Kier alpha value is -0.910. The Bertz CT molecular complexity index is 688. The molecular weight excluding hydrogens is 387 g/mol. The smallest absolute Gasteiger partial charge is 0.247 e. The summed E-state index contributed by atoms with van der Waals surface area (Å²) in [7, 11) is 0. The van der Waals surface area contributed by atoms with Gasteiger partial charge in [-0.2, -0.15) is 0 Å². The summed E-state index contributed by atoms with van der Waals surface area (Å²) in [6, 6.07) is 8.29. The minimum atomic E-state index is 0.196. The van der Waals surface area contributed by atoms with Crippen molar-refractivity contribution in [1.29, 1.82) is 0 Å². The Labute approximate surface area is 144 Å². The Balaban J connectivity index is 1.52. The molecule has 1 aromatic heterocycles. The van der Waals surface area contributed by atoms with Crippen molar-refractivity contribution in [1.82, 2.24) is 10.2 Å². The van der Waals surface area contributed by atoms with Gasteiger partial charge < -0.3 is 4.42 Å². The summed E-state index contributed by atoms with van der Waals surface area (Å²) in [4.78, 5) is 0. The molecule has 0 spiro atoms. The zero-order chi connectivity index (χ0) is 14.7. The molecule has 0 atom stereocenters. The number of hydrogen-bond acceptors (Lipinski definition) is 3. The van der Waals surface area contributed by atoms with Gasteiger partial charge in [0.15, 0.2) is 0 Å². The first kappa shape index (κ1) is 13.5. The summed E-state index contributed by atoms with van der Waals surface area (Å²) in [5.41, 5.74) is 1.23. The molecule has 1 aromatic carbocycles. The molecule has 2 aromatic rings. The molecule has 4 fully saturated rings. The standard InChI is InChI=1S/C18H19IN2O/c19-15-3-1-2-14(7-15)16-20-21-17(22-16)18-8-11-4-12(9-18)6-13(5-11)10-18/h1-3,7,11-13H,4-6,8-10H2. The summed E-state index contributed by atoms with van der Waals surface area (Å²) >= 11 is 2.32. The van der Waals surface area contributed by atoms with Crippen molar-refractivity contribution in [3.05, 3.63) is 33.7 Å². The SMILES string of the molecule is Ic1cccc(-c2nnc(C34CC5CC(CC(C5)C3)C4)o2)c1. The van der Waals surface area contributed by atoms with Crippen LogP contribution in [0.3, 0.4) is 0 Å². The molecular formula is C18H19IN2O. The summed E-state index contributed by atoms with van der Waals surface area (Å²) in [6.07, 6.45) is 8.14. The minimum absolute atomic E-state index is 0.196. The summed E-state index contributed by atoms with van der Waals surface area (Å²) in [5, 5.41) is 8.86. The van der Waals surface area contributed by atoms with Crippen LogP contribution in [0.25, 0.3) is 11.5 Å². The maximum atomic E-state index is 6.18. The van der Waals surface area contributed by atoms with Crippen LogP contribution in [-0.4, -0.2) is 10.2 Å². The van der Waals surface area contributed by atoms with Gasteiger partial charge >= 0.3 is 0 Å². The van der Waals surface area contributed by atoms with Crippen molar-refractivity contribution in [3.63, 3.8) is 0 Å². The van der Waals surface area contributed by atoms with Crippen molar-refractivity contribution in [2.75, 3.05) is 0 Å². The van der Waals surface area contributed by atoms with Gasteiger partial charge in [-0.15, -0.1) is 10.2 Å². The monoisotopic (exact) mass is 406 g/mol. The molecule has 4 aliphatic carbocycles. The fraction of sp³-hybridized carbons (Fsp3) is 0.556. The molecule has 4 bridgehead atoms. The minimum Gasteiger partial charge on any atom is -0.420 e. The Morgan fingerprint density at radius 2 is 1.68 bits per heavy atom. The molecule has 0 saturated heterocycles. The van der Waals surface area contributed by atoms with Crippen molar-refractivity contribution < 1.29 is 4.42 Å². The average molecular weight is 406 g/mol. The Morgan fingerprint density at radius 3 is 2.32 bits per heavy atom. The van der Waals surface area contributed by atoms with Gasteiger partial charge in [0.1, 0.15) is 0 Å². The number of benzene rings is 1. The topological polar surface area (TPSA) is 38.9 Å². The molecule has 0 amide bonds. The van der Waals surface area contributed by atoms with E-state index in [-0.39, 0.29) is 5.41 Å². The summed E-state index contributed by atoms with van der Waals surface area (Å²) < 4.78 is 7.38. The molecule has 0 N–H and O–H groups in total. The van der Waals surface area contributed by atoms with Crippen LogP contribution in [0.4, 0.5) is 0 Å². The van der Waals surface area contributed by atoms with Gasteiger partial charge in [0, 0.05) is 14.5 Å². The lowest BCUT2D eigenvalue weighted by Crippen LogP contribution is -2.48. The highest BCUT2D eigenvalue weighted by Gasteiger charge is 2.54. The molecule has 6 rings (SSSR count). The maximum absolute atomic E-state index is 6.18. The number of nitrogens with zero attached hydrogens (tertiary/aromatic N) is 2. The highest BCUT2D eigenvalue weighted by molar-refractivity contribution is 14.1. The van der Waals surface area contributed by atoms with Crippen LogP contribution >= 0.6 is 22.6 Å². The van der Waals surface area contributed by atoms with Gasteiger partial charge in [0.2, 0.25) is 11.8 Å². The summed E-state index contributed by atoms with van der Waals surface area (Å²) in [5.74, 6) is 4.31. The third-order valence-electron chi connectivity index (χ3n) is 5.99. The maximum Gasteiger partial charge on any atom is 0.247 e. The Morgan fingerprint density at radius 1 is 1.00 bits per heavy atom. The molecule has 0 radical (unpaired) electrons. The van der Waals surface area contributed by atoms with Crippen molar-refractivity contribution in [2.24, 2.45) is 17.8 Å². The van der Waals surface area contributed by atoms with E-state index < -0.39 is 0 Å². The fourth-order valence-electron chi connectivity index (χ4n) is 5.55. The second-order valence-corrected chi connectivity index (χ2v) is 8.87. The average Bonchev–Trinajstić information content (AvgIpc) is 2.96. The molecule has 1 heterocycles. The second kappa shape index (κ2) is 4.79. The Kier molecular flexibility index (Phi) is 2.94. The van der Waals surface area contributed by atoms with Crippen molar-refractivity contribution >= 4 is 22.6 Å². The van der Waals surface area contributed by atoms with Gasteiger partial charge in [-0.05, 0) is 97.1 Å². The zero-order valence-corrected chi connectivity index (χ0v) is 14.6. The fourth-order valence-corrected chi connectivity index (χ4v) is 6.09. The molecule has 4 aliphatic rings. The number of hydrogen-bond donors (Lipinski definition) is 0. The molecule has 4 heteroatoms. The van der Waals surface area contributed by atoms with E-state index in [2.05, 4.69) is 51.0 Å². The van der Waals surface area contributed by atoms with E-state index in [9.17, 15) is 0 Å². The van der Waals surface area contributed by atoms with E-state index in [1.807, 2.05) is 6.07 Å².